The van der Waals surface area contributed by atoms with Crippen LogP contribution in [0.25, 0.3) is 11.0 Å². The van der Waals surface area contributed by atoms with E-state index in [2.05, 4.69) is 9.72 Å². The lowest BCUT2D eigenvalue weighted by Crippen LogP contribution is -2.18. The van der Waals surface area contributed by atoms with Gasteiger partial charge in [-0.1, -0.05) is 11.6 Å². The molecule has 2 aromatic heterocycles. The van der Waals surface area contributed by atoms with Gasteiger partial charge in [-0.05, 0) is 19.8 Å². The maximum atomic E-state index is 13.9. The number of aryl methyl sites for hydroxylation is 1. The molecule has 8 heteroatoms. The number of carboxylic acid groups (broad SMARTS) is 1. The normalized spacial score (nSPS) is 14.4. The van der Waals surface area contributed by atoms with Gasteiger partial charge >= 0.3 is 6.16 Å². The van der Waals surface area contributed by atoms with Crippen LogP contribution in [-0.4, -0.2) is 20.8 Å². The van der Waals surface area contributed by atoms with E-state index in [0.717, 1.165) is 12.8 Å². The van der Waals surface area contributed by atoms with Crippen molar-refractivity contribution in [1.82, 2.24) is 9.55 Å². The molecule has 0 saturated heterocycles. The largest absolute Gasteiger partial charge is 0.511 e. The topological polar surface area (TPSA) is 81.4 Å². The van der Waals surface area contributed by atoms with E-state index in [-0.39, 0.29) is 33.5 Å². The molecule has 0 spiro atoms. The van der Waals surface area contributed by atoms with Crippen molar-refractivity contribution >= 4 is 28.8 Å². The first-order chi connectivity index (χ1) is 9.90. The molecule has 1 saturated carbocycles. The Labute approximate surface area is 122 Å². The highest BCUT2D eigenvalue weighted by Crippen LogP contribution is 2.38. The molecule has 1 N–H and O–H groups in total. The Morgan fingerprint density at radius 1 is 1.57 bits per heavy atom. The molecule has 2 heterocycles. The first-order valence-electron chi connectivity index (χ1n) is 6.21. The average Bonchev–Trinajstić information content (AvgIpc) is 3.23. The van der Waals surface area contributed by atoms with Crippen molar-refractivity contribution < 1.29 is 19.0 Å². The molecule has 1 fully saturated rings. The summed E-state index contributed by atoms with van der Waals surface area (Å²) >= 11 is 5.74. The fourth-order valence-electron chi connectivity index (χ4n) is 2.26. The van der Waals surface area contributed by atoms with E-state index in [1.165, 1.54) is 13.1 Å². The number of hydrogen-bond acceptors (Lipinski definition) is 4. The molecule has 1 aliphatic carbocycles. The molecule has 0 radical (unpaired) electrons. The third-order valence-corrected chi connectivity index (χ3v) is 3.65. The van der Waals surface area contributed by atoms with Gasteiger partial charge in [0.1, 0.15) is 5.65 Å². The summed E-state index contributed by atoms with van der Waals surface area (Å²) in [6.45, 7) is 1.40. The highest BCUT2D eigenvalue weighted by atomic mass is 35.5. The van der Waals surface area contributed by atoms with Crippen LogP contribution in [0.4, 0.5) is 9.18 Å². The maximum Gasteiger partial charge on any atom is 0.511 e. The highest BCUT2D eigenvalue weighted by molar-refractivity contribution is 6.30. The Hall–Kier alpha value is -2.15. The van der Waals surface area contributed by atoms with Crippen LogP contribution in [0.3, 0.4) is 0 Å². The number of halogens is 2. The van der Waals surface area contributed by atoms with Gasteiger partial charge < -0.3 is 14.4 Å². The van der Waals surface area contributed by atoms with Crippen molar-refractivity contribution in [2.45, 2.75) is 25.8 Å². The summed E-state index contributed by atoms with van der Waals surface area (Å²) in [5.41, 5.74) is -0.450. The van der Waals surface area contributed by atoms with Crippen molar-refractivity contribution in [2.75, 3.05) is 0 Å². The predicted octanol–water partition coefficient (Wildman–Crippen LogP) is 2.89. The van der Waals surface area contributed by atoms with Crippen LogP contribution in [0.1, 0.15) is 24.4 Å². The zero-order valence-electron chi connectivity index (χ0n) is 10.9. The fourth-order valence-corrected chi connectivity index (χ4v) is 2.48. The maximum absolute atomic E-state index is 13.9. The zero-order chi connectivity index (χ0) is 15.3. The Morgan fingerprint density at radius 2 is 2.24 bits per heavy atom. The van der Waals surface area contributed by atoms with E-state index in [1.54, 1.807) is 4.57 Å². The number of hydrogen-bond donors (Lipinski definition) is 1. The first kappa shape index (κ1) is 13.8. The first-order valence-corrected chi connectivity index (χ1v) is 6.59. The minimum absolute atomic E-state index is 0.0115. The van der Waals surface area contributed by atoms with Crippen LogP contribution in [0.15, 0.2) is 11.0 Å². The summed E-state index contributed by atoms with van der Waals surface area (Å²) < 4.78 is 20.0. The second-order valence-corrected chi connectivity index (χ2v) is 5.23. The van der Waals surface area contributed by atoms with Crippen LogP contribution in [0.5, 0.6) is 5.75 Å². The fraction of sp³-hybridized carbons (Fsp3) is 0.308. The van der Waals surface area contributed by atoms with Gasteiger partial charge in [-0.3, -0.25) is 4.79 Å². The molecular formula is C13H10ClFN2O4. The minimum Gasteiger partial charge on any atom is -0.449 e. The van der Waals surface area contributed by atoms with Crippen molar-refractivity contribution in [2.24, 2.45) is 0 Å². The van der Waals surface area contributed by atoms with Crippen LogP contribution >= 0.6 is 11.6 Å². The van der Waals surface area contributed by atoms with Gasteiger partial charge in [0.05, 0.1) is 11.6 Å². The summed E-state index contributed by atoms with van der Waals surface area (Å²) in [7, 11) is 0. The van der Waals surface area contributed by atoms with E-state index in [4.69, 9.17) is 16.7 Å². The molecule has 2 aromatic rings. The van der Waals surface area contributed by atoms with Gasteiger partial charge in [0, 0.05) is 11.6 Å². The molecule has 0 atom stereocenters. The van der Waals surface area contributed by atoms with Crippen LogP contribution in [0, 0.1) is 12.7 Å². The van der Waals surface area contributed by atoms with Crippen LogP contribution in [-0.2, 0) is 0 Å². The van der Waals surface area contributed by atoms with Crippen molar-refractivity contribution in [3.05, 3.63) is 33.0 Å². The monoisotopic (exact) mass is 312 g/mol. The molecule has 1 aliphatic rings. The highest BCUT2D eigenvalue weighted by Gasteiger charge is 2.28. The third-order valence-electron chi connectivity index (χ3n) is 3.40. The number of pyridine rings is 2. The summed E-state index contributed by atoms with van der Waals surface area (Å²) in [5.74, 6) is -1.16. The van der Waals surface area contributed by atoms with E-state index in [9.17, 15) is 14.0 Å². The van der Waals surface area contributed by atoms with Gasteiger partial charge in [0.25, 0.3) is 0 Å². The van der Waals surface area contributed by atoms with Gasteiger partial charge in [0.2, 0.25) is 5.43 Å². The number of carbonyl (C=O) groups is 1. The zero-order valence-corrected chi connectivity index (χ0v) is 11.6. The second kappa shape index (κ2) is 4.70. The molecule has 6 nitrogen and oxygen atoms in total. The van der Waals surface area contributed by atoms with Gasteiger partial charge in [-0.25, -0.2) is 14.2 Å². The number of aromatic nitrogens is 2. The molecule has 3 rings (SSSR count). The van der Waals surface area contributed by atoms with Crippen molar-refractivity contribution in [3.63, 3.8) is 0 Å². The lowest BCUT2D eigenvalue weighted by atomic mass is 10.1. The molecule has 21 heavy (non-hydrogen) atoms. The number of ether oxygens (including phenoxy) is 1. The van der Waals surface area contributed by atoms with E-state index in [1.807, 2.05) is 0 Å². The lowest BCUT2D eigenvalue weighted by Gasteiger charge is -2.13. The minimum atomic E-state index is -1.60. The molecule has 0 bridgehead atoms. The summed E-state index contributed by atoms with van der Waals surface area (Å²) in [4.78, 5) is 26.9. The van der Waals surface area contributed by atoms with Gasteiger partial charge in [0.15, 0.2) is 16.7 Å². The number of fused-ring (bicyclic) bond motifs is 1. The van der Waals surface area contributed by atoms with Crippen LogP contribution in [0.2, 0.25) is 5.15 Å². The van der Waals surface area contributed by atoms with Crippen molar-refractivity contribution in [1.29, 1.82) is 0 Å². The Kier molecular flexibility index (Phi) is 3.09. The van der Waals surface area contributed by atoms with Crippen LogP contribution < -0.4 is 10.2 Å². The Morgan fingerprint density at radius 3 is 2.81 bits per heavy atom. The molecule has 110 valence electrons. The third kappa shape index (κ3) is 2.23. The smallest absolute Gasteiger partial charge is 0.449 e. The van der Waals surface area contributed by atoms with E-state index >= 15 is 0 Å². The number of nitrogens with zero attached hydrogens (tertiary/aromatic N) is 2. The Balaban J connectivity index is 2.41. The van der Waals surface area contributed by atoms with Crippen molar-refractivity contribution in [3.8, 4) is 5.75 Å². The molecular weight excluding hydrogens is 303 g/mol. The second-order valence-electron chi connectivity index (χ2n) is 4.87. The quantitative estimate of drug-likeness (QED) is 0.681. The van der Waals surface area contributed by atoms with E-state index in [0.29, 0.717) is 0 Å². The molecule has 0 aliphatic heterocycles. The SMILES string of the molecule is Cc1c(F)c(Cl)nc2c1c(=O)c(OC(=O)O)cn2C1CC1. The lowest BCUT2D eigenvalue weighted by molar-refractivity contribution is 0.143. The summed E-state index contributed by atoms with van der Waals surface area (Å²) in [5, 5.41) is 8.37. The summed E-state index contributed by atoms with van der Waals surface area (Å²) in [6.07, 6.45) is 1.41. The standard InChI is InChI=1S/C13H10ClFN2O4/c1-5-8-10(18)7(21-13(19)20)4-17(6-2-3-6)12(8)16-11(14)9(5)15/h4,6H,2-3H2,1H3,(H,19,20). The molecule has 0 unspecified atom stereocenters. The molecule has 0 aromatic carbocycles. The molecule has 0 amide bonds. The van der Waals surface area contributed by atoms with Gasteiger partial charge in [-0.15, -0.1) is 0 Å². The number of rotatable bonds is 2. The predicted molar refractivity (Wildman–Crippen MR) is 72.6 cm³/mol. The summed E-state index contributed by atoms with van der Waals surface area (Å²) in [6, 6.07) is 0.0812. The average molecular weight is 313 g/mol. The Bertz CT molecular complexity index is 829. The van der Waals surface area contributed by atoms with E-state index < -0.39 is 17.4 Å². The van der Waals surface area contributed by atoms with Gasteiger partial charge in [-0.2, -0.15) is 0 Å².